The Morgan fingerprint density at radius 1 is 0.871 bits per heavy atom. The van der Waals surface area contributed by atoms with Crippen LogP contribution in [0.15, 0.2) is 90.3 Å². The molecule has 0 atom stereocenters. The summed E-state index contributed by atoms with van der Waals surface area (Å²) in [6.07, 6.45) is 3.01. The second kappa shape index (κ2) is 8.41. The zero-order valence-electron chi connectivity index (χ0n) is 16.6. The number of benzene rings is 3. The van der Waals surface area contributed by atoms with Crippen LogP contribution in [0.1, 0.15) is 15.9 Å². The summed E-state index contributed by atoms with van der Waals surface area (Å²) in [6, 6.07) is 20.0. The maximum absolute atomic E-state index is 12.5. The van der Waals surface area contributed by atoms with Crippen molar-refractivity contribution in [1.82, 2.24) is 14.8 Å². The van der Waals surface area contributed by atoms with E-state index in [1.807, 2.05) is 6.92 Å². The summed E-state index contributed by atoms with van der Waals surface area (Å²) in [4.78, 5) is 16.6. The van der Waals surface area contributed by atoms with Crippen molar-refractivity contribution in [1.29, 1.82) is 0 Å². The fourth-order valence-electron chi connectivity index (χ4n) is 2.86. The Labute approximate surface area is 179 Å². The predicted molar refractivity (Wildman–Crippen MR) is 118 cm³/mol. The molecule has 4 aromatic rings. The van der Waals surface area contributed by atoms with Crippen LogP contribution in [0.3, 0.4) is 0 Å². The molecular formula is C22H19N5O3S. The molecule has 0 unspecified atom stereocenters. The minimum absolute atomic E-state index is 0.185. The number of hydrogen-bond donors (Lipinski definition) is 2. The number of hydrogen-bond acceptors (Lipinski definition) is 5. The van der Waals surface area contributed by atoms with Crippen LogP contribution >= 0.6 is 0 Å². The Bertz CT molecular complexity index is 1280. The number of sulfonamides is 1. The highest BCUT2D eigenvalue weighted by Crippen LogP contribution is 2.19. The van der Waals surface area contributed by atoms with E-state index in [0.29, 0.717) is 16.9 Å². The molecule has 0 saturated heterocycles. The minimum Gasteiger partial charge on any atom is -0.322 e. The third-order valence-corrected chi connectivity index (χ3v) is 5.94. The van der Waals surface area contributed by atoms with Crippen molar-refractivity contribution in [2.24, 2.45) is 0 Å². The standard InChI is InChI=1S/C22H19N5O3S/c1-16-2-12-21(13-3-16)31(29,30)26-19-8-6-18(7-9-19)25-22(28)17-4-10-20(11-5-17)27-15-23-14-24-27/h2-15,26H,1H3,(H,25,28). The Morgan fingerprint density at radius 3 is 2.13 bits per heavy atom. The molecular weight excluding hydrogens is 414 g/mol. The quantitative estimate of drug-likeness (QED) is 0.483. The molecule has 8 nitrogen and oxygen atoms in total. The molecule has 0 spiro atoms. The lowest BCUT2D eigenvalue weighted by molar-refractivity contribution is 0.102. The normalized spacial score (nSPS) is 11.1. The summed E-state index contributed by atoms with van der Waals surface area (Å²) >= 11 is 0. The van der Waals surface area contributed by atoms with Crippen molar-refractivity contribution in [3.63, 3.8) is 0 Å². The van der Waals surface area contributed by atoms with E-state index < -0.39 is 10.0 Å². The van der Waals surface area contributed by atoms with Crippen LogP contribution in [-0.2, 0) is 10.0 Å². The maximum atomic E-state index is 12.5. The summed E-state index contributed by atoms with van der Waals surface area (Å²) < 4.78 is 29.1. The molecule has 2 N–H and O–H groups in total. The van der Waals surface area contributed by atoms with Crippen molar-refractivity contribution < 1.29 is 13.2 Å². The van der Waals surface area contributed by atoms with E-state index in [1.54, 1.807) is 83.8 Å². The van der Waals surface area contributed by atoms with E-state index in [0.717, 1.165) is 11.3 Å². The van der Waals surface area contributed by atoms with Crippen molar-refractivity contribution in [3.8, 4) is 5.69 Å². The molecule has 0 aliphatic heterocycles. The summed E-state index contributed by atoms with van der Waals surface area (Å²) in [7, 11) is -3.68. The first-order chi connectivity index (χ1) is 14.9. The molecule has 156 valence electrons. The summed E-state index contributed by atoms with van der Waals surface area (Å²) in [5, 5.41) is 6.83. The van der Waals surface area contributed by atoms with Gasteiger partial charge in [-0.2, -0.15) is 5.10 Å². The molecule has 0 saturated carbocycles. The zero-order chi connectivity index (χ0) is 21.8. The number of carbonyl (C=O) groups excluding carboxylic acids is 1. The molecule has 1 amide bonds. The third kappa shape index (κ3) is 4.78. The first-order valence-electron chi connectivity index (χ1n) is 9.37. The molecule has 1 aromatic heterocycles. The molecule has 31 heavy (non-hydrogen) atoms. The van der Waals surface area contributed by atoms with Gasteiger partial charge in [-0.15, -0.1) is 0 Å². The Hall–Kier alpha value is -3.98. The first kappa shape index (κ1) is 20.3. The Morgan fingerprint density at radius 2 is 1.52 bits per heavy atom. The third-order valence-electron chi connectivity index (χ3n) is 4.54. The van der Waals surface area contributed by atoms with Gasteiger partial charge in [0.05, 0.1) is 10.6 Å². The number of anilines is 2. The molecule has 1 heterocycles. The fourth-order valence-corrected chi connectivity index (χ4v) is 3.92. The van der Waals surface area contributed by atoms with Crippen LogP contribution < -0.4 is 10.0 Å². The van der Waals surface area contributed by atoms with E-state index in [-0.39, 0.29) is 10.8 Å². The second-order valence-electron chi connectivity index (χ2n) is 6.84. The van der Waals surface area contributed by atoms with Gasteiger partial charge in [0, 0.05) is 16.9 Å². The van der Waals surface area contributed by atoms with Crippen LogP contribution in [0.4, 0.5) is 11.4 Å². The second-order valence-corrected chi connectivity index (χ2v) is 8.52. The highest BCUT2D eigenvalue weighted by molar-refractivity contribution is 7.92. The molecule has 0 fully saturated rings. The van der Waals surface area contributed by atoms with Gasteiger partial charge in [-0.3, -0.25) is 9.52 Å². The molecule has 0 aliphatic carbocycles. The van der Waals surface area contributed by atoms with Crippen molar-refractivity contribution in [2.75, 3.05) is 10.0 Å². The van der Waals surface area contributed by atoms with Crippen LogP contribution in [-0.4, -0.2) is 29.1 Å². The fraction of sp³-hybridized carbons (Fsp3) is 0.0455. The van der Waals surface area contributed by atoms with E-state index in [2.05, 4.69) is 20.1 Å². The van der Waals surface area contributed by atoms with Gasteiger partial charge in [0.1, 0.15) is 12.7 Å². The van der Waals surface area contributed by atoms with Crippen LogP contribution in [0.5, 0.6) is 0 Å². The number of aromatic nitrogens is 3. The summed E-state index contributed by atoms with van der Waals surface area (Å²) in [5.74, 6) is -0.280. The SMILES string of the molecule is Cc1ccc(S(=O)(=O)Nc2ccc(NC(=O)c3ccc(-n4cncn4)cc3)cc2)cc1. The Balaban J connectivity index is 1.41. The first-order valence-corrected chi connectivity index (χ1v) is 10.8. The smallest absolute Gasteiger partial charge is 0.261 e. The van der Waals surface area contributed by atoms with Gasteiger partial charge in [0.2, 0.25) is 0 Å². The minimum atomic E-state index is -3.68. The Kier molecular flexibility index (Phi) is 5.50. The monoisotopic (exact) mass is 433 g/mol. The molecule has 9 heteroatoms. The molecule has 4 rings (SSSR count). The van der Waals surface area contributed by atoms with Crippen molar-refractivity contribution >= 4 is 27.3 Å². The molecule has 0 bridgehead atoms. The van der Waals surface area contributed by atoms with Gasteiger partial charge in [0.15, 0.2) is 0 Å². The lowest BCUT2D eigenvalue weighted by atomic mass is 10.2. The van der Waals surface area contributed by atoms with Crippen molar-refractivity contribution in [3.05, 3.63) is 96.6 Å². The van der Waals surface area contributed by atoms with E-state index >= 15 is 0 Å². The van der Waals surface area contributed by atoms with Gasteiger partial charge in [-0.05, 0) is 67.6 Å². The van der Waals surface area contributed by atoms with Crippen LogP contribution in [0, 0.1) is 6.92 Å². The van der Waals surface area contributed by atoms with E-state index in [1.165, 1.54) is 6.33 Å². The van der Waals surface area contributed by atoms with Gasteiger partial charge >= 0.3 is 0 Å². The van der Waals surface area contributed by atoms with E-state index in [9.17, 15) is 13.2 Å². The van der Waals surface area contributed by atoms with Gasteiger partial charge in [-0.25, -0.2) is 18.1 Å². The van der Waals surface area contributed by atoms with Crippen LogP contribution in [0.2, 0.25) is 0 Å². The molecule has 3 aromatic carbocycles. The average Bonchev–Trinajstić information content (AvgIpc) is 3.30. The summed E-state index contributed by atoms with van der Waals surface area (Å²) in [6.45, 7) is 1.89. The number of amides is 1. The maximum Gasteiger partial charge on any atom is 0.261 e. The highest BCUT2D eigenvalue weighted by Gasteiger charge is 2.14. The lowest BCUT2D eigenvalue weighted by Crippen LogP contribution is -2.14. The van der Waals surface area contributed by atoms with Gasteiger partial charge in [-0.1, -0.05) is 17.7 Å². The number of rotatable bonds is 6. The number of aryl methyl sites for hydroxylation is 1. The van der Waals surface area contributed by atoms with Gasteiger partial charge < -0.3 is 5.32 Å². The number of nitrogens with one attached hydrogen (secondary N) is 2. The largest absolute Gasteiger partial charge is 0.322 e. The zero-order valence-corrected chi connectivity index (χ0v) is 17.4. The average molecular weight is 433 g/mol. The number of carbonyl (C=O) groups is 1. The number of nitrogens with zero attached hydrogens (tertiary/aromatic N) is 3. The predicted octanol–water partition coefficient (Wildman–Crippen LogP) is 3.63. The highest BCUT2D eigenvalue weighted by atomic mass is 32.2. The van der Waals surface area contributed by atoms with E-state index in [4.69, 9.17) is 0 Å². The van der Waals surface area contributed by atoms with Gasteiger partial charge in [0.25, 0.3) is 15.9 Å². The molecule has 0 radical (unpaired) electrons. The molecule has 0 aliphatic rings. The lowest BCUT2D eigenvalue weighted by Gasteiger charge is -2.10. The van der Waals surface area contributed by atoms with Crippen LogP contribution in [0.25, 0.3) is 5.69 Å². The summed E-state index contributed by atoms with van der Waals surface area (Å²) in [5.41, 5.74) is 3.19. The topological polar surface area (TPSA) is 106 Å². The van der Waals surface area contributed by atoms with Crippen molar-refractivity contribution in [2.45, 2.75) is 11.8 Å².